The largest absolute Gasteiger partial charge is 0.462 e. The van der Waals surface area contributed by atoms with Gasteiger partial charge in [-0.05, 0) is 46.5 Å². The molecule has 1 aliphatic rings. The molecule has 1 unspecified atom stereocenters. The molecule has 0 bridgehead atoms. The minimum Gasteiger partial charge on any atom is -0.462 e. The lowest BCUT2D eigenvalue weighted by Crippen LogP contribution is -2.42. The van der Waals surface area contributed by atoms with E-state index in [2.05, 4.69) is 10.4 Å². The lowest BCUT2D eigenvalue weighted by Gasteiger charge is -2.23. The molecule has 1 amide bonds. The van der Waals surface area contributed by atoms with Crippen molar-refractivity contribution in [3.63, 3.8) is 0 Å². The number of alkyl carbamates (subject to hydrolysis) is 1. The average molecular weight is 353 g/mol. The number of carbonyl (C=O) groups is 2. The highest BCUT2D eigenvalue weighted by Crippen LogP contribution is 2.28. The molecule has 140 valence electrons. The van der Waals surface area contributed by atoms with Crippen LogP contribution in [-0.4, -0.2) is 51.3 Å². The number of amides is 1. The Hall–Kier alpha value is -2.09. The van der Waals surface area contributed by atoms with Crippen LogP contribution >= 0.6 is 0 Å². The van der Waals surface area contributed by atoms with Crippen molar-refractivity contribution >= 4 is 12.1 Å². The molecular formula is C17H27N3O5. The van der Waals surface area contributed by atoms with E-state index in [1.165, 1.54) is 6.20 Å². The average Bonchev–Trinajstić information content (AvgIpc) is 3.05. The van der Waals surface area contributed by atoms with Crippen molar-refractivity contribution in [3.8, 4) is 0 Å². The Bertz CT molecular complexity index is 608. The van der Waals surface area contributed by atoms with Crippen molar-refractivity contribution in [3.05, 3.63) is 18.0 Å². The second kappa shape index (κ2) is 7.86. The highest BCUT2D eigenvalue weighted by molar-refractivity contribution is 5.88. The number of hydrogen-bond donors (Lipinski definition) is 2. The summed E-state index contributed by atoms with van der Waals surface area (Å²) in [5.41, 5.74) is -0.171. The standard InChI is InChI=1S/C17H27N3O5/c1-5-24-15(22)12-8-18-20(10-12)9-11-6-13(14(21)7-11)19-16(23)25-17(2,3)4/h8,10-11,13-14,21H,5-7,9H2,1-4H3,(H,19,23)/t11?,13-,14-/m1/s1. The number of carbonyl (C=O) groups excluding carboxylic acids is 2. The molecular weight excluding hydrogens is 326 g/mol. The van der Waals surface area contributed by atoms with Crippen molar-refractivity contribution in [2.45, 2.75) is 64.8 Å². The zero-order valence-electron chi connectivity index (χ0n) is 15.2. The van der Waals surface area contributed by atoms with Crippen molar-refractivity contribution in [1.82, 2.24) is 15.1 Å². The third-order valence-electron chi connectivity index (χ3n) is 3.92. The molecule has 0 saturated heterocycles. The van der Waals surface area contributed by atoms with Gasteiger partial charge in [0.2, 0.25) is 0 Å². The summed E-state index contributed by atoms with van der Waals surface area (Å²) in [7, 11) is 0. The number of aliphatic hydroxyl groups excluding tert-OH is 1. The Morgan fingerprint density at radius 1 is 1.40 bits per heavy atom. The minimum absolute atomic E-state index is 0.143. The van der Waals surface area contributed by atoms with Crippen molar-refractivity contribution in [2.24, 2.45) is 5.92 Å². The van der Waals surface area contributed by atoms with Crippen LogP contribution < -0.4 is 5.32 Å². The maximum Gasteiger partial charge on any atom is 0.407 e. The molecule has 0 aromatic carbocycles. The van der Waals surface area contributed by atoms with Crippen LogP contribution in [0.3, 0.4) is 0 Å². The van der Waals surface area contributed by atoms with Crippen LogP contribution in [0, 0.1) is 5.92 Å². The lowest BCUT2D eigenvalue weighted by atomic mass is 10.1. The van der Waals surface area contributed by atoms with Crippen LogP contribution in [0.4, 0.5) is 4.79 Å². The summed E-state index contributed by atoms with van der Waals surface area (Å²) in [5.74, 6) is -0.255. The zero-order valence-corrected chi connectivity index (χ0v) is 15.2. The summed E-state index contributed by atoms with van der Waals surface area (Å²) in [6.45, 7) is 8.00. The Morgan fingerprint density at radius 3 is 2.76 bits per heavy atom. The SMILES string of the molecule is CCOC(=O)c1cnn(CC2C[C@@H](O)[C@H](NC(=O)OC(C)(C)C)C2)c1. The molecule has 1 heterocycles. The Morgan fingerprint density at radius 2 is 2.12 bits per heavy atom. The summed E-state index contributed by atoms with van der Waals surface area (Å²) < 4.78 is 11.8. The molecule has 3 atom stereocenters. The van der Waals surface area contributed by atoms with Gasteiger partial charge < -0.3 is 19.9 Å². The molecule has 1 aromatic heterocycles. The van der Waals surface area contributed by atoms with Gasteiger partial charge in [-0.25, -0.2) is 9.59 Å². The molecule has 25 heavy (non-hydrogen) atoms. The number of nitrogens with one attached hydrogen (secondary N) is 1. The first-order valence-corrected chi connectivity index (χ1v) is 8.55. The van der Waals surface area contributed by atoms with Crippen molar-refractivity contribution < 1.29 is 24.2 Å². The van der Waals surface area contributed by atoms with Gasteiger partial charge in [0.05, 0.1) is 30.5 Å². The summed E-state index contributed by atoms with van der Waals surface area (Å²) >= 11 is 0. The van der Waals surface area contributed by atoms with E-state index in [1.54, 1.807) is 38.6 Å². The summed E-state index contributed by atoms with van der Waals surface area (Å²) in [6.07, 6.45) is 3.13. The first-order chi connectivity index (χ1) is 11.7. The van der Waals surface area contributed by atoms with Crippen molar-refractivity contribution in [2.75, 3.05) is 6.61 Å². The molecule has 1 aliphatic carbocycles. The zero-order chi connectivity index (χ0) is 18.6. The first-order valence-electron chi connectivity index (χ1n) is 8.55. The summed E-state index contributed by atoms with van der Waals surface area (Å²) in [4.78, 5) is 23.5. The van der Waals surface area contributed by atoms with Gasteiger partial charge in [-0.2, -0.15) is 5.10 Å². The molecule has 1 saturated carbocycles. The molecule has 0 aliphatic heterocycles. The third kappa shape index (κ3) is 5.74. The maximum absolute atomic E-state index is 11.9. The van der Waals surface area contributed by atoms with Gasteiger partial charge in [-0.15, -0.1) is 0 Å². The second-order valence-corrected chi connectivity index (χ2v) is 7.33. The first kappa shape index (κ1) is 19.2. The number of nitrogens with zero attached hydrogens (tertiary/aromatic N) is 2. The van der Waals surface area contributed by atoms with Crippen molar-refractivity contribution in [1.29, 1.82) is 0 Å². The monoisotopic (exact) mass is 353 g/mol. The van der Waals surface area contributed by atoms with Gasteiger partial charge in [0.15, 0.2) is 0 Å². The topological polar surface area (TPSA) is 103 Å². The van der Waals surface area contributed by atoms with Crippen LogP contribution in [0.1, 0.15) is 50.9 Å². The quantitative estimate of drug-likeness (QED) is 0.782. The van der Waals surface area contributed by atoms with E-state index in [-0.39, 0.29) is 12.0 Å². The molecule has 2 N–H and O–H groups in total. The van der Waals surface area contributed by atoms with Crippen LogP contribution in [-0.2, 0) is 16.0 Å². The van der Waals surface area contributed by atoms with E-state index in [0.717, 1.165) is 0 Å². The maximum atomic E-state index is 11.9. The van der Waals surface area contributed by atoms with E-state index < -0.39 is 23.8 Å². The fourth-order valence-corrected chi connectivity index (χ4v) is 2.93. The molecule has 1 fully saturated rings. The summed E-state index contributed by atoms with van der Waals surface area (Å²) in [6, 6.07) is -0.347. The van der Waals surface area contributed by atoms with Gasteiger partial charge in [-0.1, -0.05) is 0 Å². The van der Waals surface area contributed by atoms with Gasteiger partial charge in [0.1, 0.15) is 5.60 Å². The van der Waals surface area contributed by atoms with E-state index >= 15 is 0 Å². The smallest absolute Gasteiger partial charge is 0.407 e. The van der Waals surface area contributed by atoms with E-state index in [4.69, 9.17) is 9.47 Å². The van der Waals surface area contributed by atoms with E-state index in [1.807, 2.05) is 0 Å². The second-order valence-electron chi connectivity index (χ2n) is 7.33. The fraction of sp³-hybridized carbons (Fsp3) is 0.706. The normalized spacial score (nSPS) is 23.3. The van der Waals surface area contributed by atoms with E-state index in [0.29, 0.717) is 31.6 Å². The Balaban J connectivity index is 1.87. The number of ether oxygens (including phenoxy) is 2. The predicted octanol–water partition coefficient (Wildman–Crippen LogP) is 1.72. The van der Waals surface area contributed by atoms with Gasteiger partial charge in [0, 0.05) is 12.7 Å². The lowest BCUT2D eigenvalue weighted by molar-refractivity contribution is 0.0448. The van der Waals surface area contributed by atoms with Gasteiger partial charge in [0.25, 0.3) is 0 Å². The third-order valence-corrected chi connectivity index (χ3v) is 3.92. The number of aromatic nitrogens is 2. The van der Waals surface area contributed by atoms with E-state index in [9.17, 15) is 14.7 Å². The molecule has 8 nitrogen and oxygen atoms in total. The molecule has 0 spiro atoms. The number of esters is 1. The van der Waals surface area contributed by atoms with Crippen LogP contribution in [0.15, 0.2) is 12.4 Å². The van der Waals surface area contributed by atoms with Crippen LogP contribution in [0.2, 0.25) is 0 Å². The van der Waals surface area contributed by atoms with Crippen LogP contribution in [0.25, 0.3) is 0 Å². The van der Waals surface area contributed by atoms with Crippen LogP contribution in [0.5, 0.6) is 0 Å². The minimum atomic E-state index is -0.627. The fourth-order valence-electron chi connectivity index (χ4n) is 2.93. The predicted molar refractivity (Wildman–Crippen MR) is 90.1 cm³/mol. The Labute approximate surface area is 147 Å². The molecule has 8 heteroatoms. The molecule has 2 rings (SSSR count). The number of rotatable bonds is 5. The summed E-state index contributed by atoms with van der Waals surface area (Å²) in [5, 5.41) is 17.1. The van der Waals surface area contributed by atoms with Gasteiger partial charge in [-0.3, -0.25) is 4.68 Å². The highest BCUT2D eigenvalue weighted by Gasteiger charge is 2.35. The molecule has 1 aromatic rings. The highest BCUT2D eigenvalue weighted by atomic mass is 16.6. The number of aliphatic hydroxyl groups is 1. The molecule has 0 radical (unpaired) electrons. The number of hydrogen-bond acceptors (Lipinski definition) is 6. The Kier molecular flexibility index (Phi) is 6.05. The van der Waals surface area contributed by atoms with Gasteiger partial charge >= 0.3 is 12.1 Å².